The average molecular weight is 386 g/mol. The minimum atomic E-state index is -0.125. The number of rotatable bonds is 7. The number of carbonyl (C=O) groups is 2. The van der Waals surface area contributed by atoms with Crippen LogP contribution in [0.3, 0.4) is 0 Å². The second kappa shape index (κ2) is 9.68. The van der Waals surface area contributed by atoms with Crippen LogP contribution in [0.2, 0.25) is 0 Å². The van der Waals surface area contributed by atoms with Crippen LogP contribution < -0.4 is 10.2 Å². The number of ether oxygens (including phenoxy) is 1. The molecular formula is C21H30N4O3. The van der Waals surface area contributed by atoms with Gasteiger partial charge in [0.05, 0.1) is 7.11 Å². The molecule has 0 spiro atoms. The molecule has 0 aromatic heterocycles. The van der Waals surface area contributed by atoms with E-state index < -0.39 is 0 Å². The van der Waals surface area contributed by atoms with Crippen molar-refractivity contribution in [2.45, 2.75) is 32.1 Å². The van der Waals surface area contributed by atoms with Crippen LogP contribution in [-0.2, 0) is 16.0 Å². The molecule has 0 bridgehead atoms. The van der Waals surface area contributed by atoms with Crippen molar-refractivity contribution in [1.29, 1.82) is 0 Å². The zero-order valence-electron chi connectivity index (χ0n) is 16.8. The van der Waals surface area contributed by atoms with Gasteiger partial charge in [-0.1, -0.05) is 18.2 Å². The Morgan fingerprint density at radius 1 is 1.29 bits per heavy atom. The zero-order chi connectivity index (χ0) is 19.9. The van der Waals surface area contributed by atoms with E-state index in [1.54, 1.807) is 12.0 Å². The third-order valence-electron chi connectivity index (χ3n) is 5.63. The maximum atomic E-state index is 12.5. The van der Waals surface area contributed by atoms with Crippen LogP contribution in [0.5, 0.6) is 5.75 Å². The summed E-state index contributed by atoms with van der Waals surface area (Å²) in [7, 11) is 3.55. The van der Waals surface area contributed by atoms with E-state index in [2.05, 4.69) is 27.6 Å². The lowest BCUT2D eigenvalue weighted by atomic mass is 9.95. The molecule has 3 rings (SSSR count). The highest BCUT2D eigenvalue weighted by Gasteiger charge is 2.25. The van der Waals surface area contributed by atoms with Gasteiger partial charge in [-0.2, -0.15) is 5.10 Å². The van der Waals surface area contributed by atoms with E-state index in [1.807, 2.05) is 19.2 Å². The number of nitrogens with zero attached hydrogens (tertiary/aromatic N) is 3. The van der Waals surface area contributed by atoms with Gasteiger partial charge in [0.15, 0.2) is 0 Å². The normalized spacial score (nSPS) is 18.4. The van der Waals surface area contributed by atoms with Crippen LogP contribution in [0.1, 0.15) is 31.2 Å². The number of amides is 2. The summed E-state index contributed by atoms with van der Waals surface area (Å²) in [5.41, 5.74) is 4.10. The third-order valence-corrected chi connectivity index (χ3v) is 5.63. The summed E-state index contributed by atoms with van der Waals surface area (Å²) in [5, 5.41) is 3.91. The second-order valence-electron chi connectivity index (χ2n) is 7.63. The lowest BCUT2D eigenvalue weighted by Crippen LogP contribution is -2.43. The van der Waals surface area contributed by atoms with E-state index in [-0.39, 0.29) is 11.8 Å². The Balaban J connectivity index is 1.41. The first kappa shape index (κ1) is 20.3. The quantitative estimate of drug-likeness (QED) is 0.774. The zero-order valence-corrected chi connectivity index (χ0v) is 16.8. The minimum absolute atomic E-state index is 0.0707. The number of para-hydroxylation sites is 1. The summed E-state index contributed by atoms with van der Waals surface area (Å²) in [5.74, 6) is 1.27. The highest BCUT2D eigenvalue weighted by Crippen LogP contribution is 2.21. The second-order valence-corrected chi connectivity index (χ2v) is 7.63. The molecule has 152 valence electrons. The number of methoxy groups -OCH3 is 1. The van der Waals surface area contributed by atoms with Gasteiger partial charge in [0.2, 0.25) is 5.91 Å². The number of hydrazone groups is 1. The van der Waals surface area contributed by atoms with E-state index in [0.717, 1.165) is 51.2 Å². The highest BCUT2D eigenvalue weighted by molar-refractivity contribution is 6.39. The van der Waals surface area contributed by atoms with Gasteiger partial charge in [0.1, 0.15) is 11.5 Å². The van der Waals surface area contributed by atoms with E-state index in [4.69, 9.17) is 4.74 Å². The lowest BCUT2D eigenvalue weighted by Gasteiger charge is -2.34. The molecule has 1 aromatic rings. The smallest absolute Gasteiger partial charge is 0.269 e. The molecule has 0 atom stereocenters. The van der Waals surface area contributed by atoms with Gasteiger partial charge < -0.3 is 14.5 Å². The van der Waals surface area contributed by atoms with Crippen molar-refractivity contribution in [2.75, 3.05) is 40.3 Å². The molecule has 1 fully saturated rings. The van der Waals surface area contributed by atoms with Crippen LogP contribution in [0, 0.1) is 5.92 Å². The SMILES string of the molecule is COc1ccccc1CCN1CCC(CN(C)C(=O)C2=NNC(=O)CC2)CC1. The van der Waals surface area contributed by atoms with Crippen LogP contribution >= 0.6 is 0 Å². The van der Waals surface area contributed by atoms with E-state index >= 15 is 0 Å². The molecule has 1 N–H and O–H groups in total. The number of likely N-dealkylation sites (tertiary alicyclic amines) is 1. The number of hydrogen-bond donors (Lipinski definition) is 1. The molecule has 2 aliphatic rings. The Bertz CT molecular complexity index is 726. The fourth-order valence-electron chi connectivity index (χ4n) is 3.90. The van der Waals surface area contributed by atoms with Crippen LogP contribution in [0.25, 0.3) is 0 Å². The van der Waals surface area contributed by atoms with Gasteiger partial charge in [-0.3, -0.25) is 9.59 Å². The Morgan fingerprint density at radius 2 is 2.04 bits per heavy atom. The topological polar surface area (TPSA) is 74.2 Å². The summed E-state index contributed by atoms with van der Waals surface area (Å²) in [4.78, 5) is 27.9. The van der Waals surface area contributed by atoms with Crippen molar-refractivity contribution < 1.29 is 14.3 Å². The first-order valence-electron chi connectivity index (χ1n) is 10.0. The molecule has 28 heavy (non-hydrogen) atoms. The van der Waals surface area contributed by atoms with Gasteiger partial charge in [0.25, 0.3) is 5.91 Å². The Hall–Kier alpha value is -2.41. The molecule has 7 heteroatoms. The van der Waals surface area contributed by atoms with Crippen molar-refractivity contribution in [2.24, 2.45) is 11.0 Å². The predicted molar refractivity (Wildman–Crippen MR) is 108 cm³/mol. The number of carbonyl (C=O) groups excluding carboxylic acids is 2. The molecule has 0 aliphatic carbocycles. The maximum absolute atomic E-state index is 12.5. The van der Waals surface area contributed by atoms with Crippen LogP contribution in [0.15, 0.2) is 29.4 Å². The first-order chi connectivity index (χ1) is 13.6. The number of piperidine rings is 1. The van der Waals surface area contributed by atoms with E-state index in [1.165, 1.54) is 5.56 Å². The largest absolute Gasteiger partial charge is 0.496 e. The maximum Gasteiger partial charge on any atom is 0.269 e. The molecule has 2 heterocycles. The third kappa shape index (κ3) is 5.32. The predicted octanol–water partition coefficient (Wildman–Crippen LogP) is 1.67. The molecule has 7 nitrogen and oxygen atoms in total. The summed E-state index contributed by atoms with van der Waals surface area (Å²) >= 11 is 0. The van der Waals surface area contributed by atoms with E-state index in [9.17, 15) is 9.59 Å². The standard InChI is InChI=1S/C21H30N4O3/c1-24(21(27)18-7-8-20(26)23-22-18)15-16-9-12-25(13-10-16)14-11-17-5-3-4-6-19(17)28-2/h3-6,16H,7-15H2,1-2H3,(H,23,26). The first-order valence-corrected chi connectivity index (χ1v) is 10.0. The lowest BCUT2D eigenvalue weighted by molar-refractivity contribution is -0.124. The number of hydrogen-bond acceptors (Lipinski definition) is 5. The minimum Gasteiger partial charge on any atom is -0.496 e. The highest BCUT2D eigenvalue weighted by atomic mass is 16.5. The molecule has 1 saturated heterocycles. The Morgan fingerprint density at radius 3 is 2.71 bits per heavy atom. The van der Waals surface area contributed by atoms with Crippen molar-refractivity contribution >= 4 is 17.5 Å². The molecule has 0 radical (unpaired) electrons. The van der Waals surface area contributed by atoms with Gasteiger partial charge >= 0.3 is 0 Å². The average Bonchev–Trinajstić information content (AvgIpc) is 2.73. The van der Waals surface area contributed by atoms with Crippen LogP contribution in [-0.4, -0.2) is 67.7 Å². The Labute approximate surface area is 166 Å². The molecular weight excluding hydrogens is 356 g/mol. The van der Waals surface area contributed by atoms with Crippen molar-refractivity contribution in [1.82, 2.24) is 15.2 Å². The molecule has 0 unspecified atom stereocenters. The van der Waals surface area contributed by atoms with Crippen LogP contribution in [0.4, 0.5) is 0 Å². The van der Waals surface area contributed by atoms with E-state index in [0.29, 0.717) is 24.5 Å². The van der Waals surface area contributed by atoms with Crippen molar-refractivity contribution in [3.8, 4) is 5.75 Å². The number of nitrogens with one attached hydrogen (secondary N) is 1. The molecule has 0 saturated carbocycles. The fraction of sp³-hybridized carbons (Fsp3) is 0.571. The van der Waals surface area contributed by atoms with Crippen molar-refractivity contribution in [3.63, 3.8) is 0 Å². The van der Waals surface area contributed by atoms with Crippen molar-refractivity contribution in [3.05, 3.63) is 29.8 Å². The summed E-state index contributed by atoms with van der Waals surface area (Å²) < 4.78 is 5.44. The summed E-state index contributed by atoms with van der Waals surface area (Å²) in [6.45, 7) is 3.88. The van der Waals surface area contributed by atoms with Gasteiger partial charge in [-0.05, 0) is 49.9 Å². The summed E-state index contributed by atoms with van der Waals surface area (Å²) in [6, 6.07) is 8.19. The summed E-state index contributed by atoms with van der Waals surface area (Å²) in [6.07, 6.45) is 3.93. The Kier molecular flexibility index (Phi) is 7.03. The van der Waals surface area contributed by atoms with Gasteiger partial charge in [0, 0.05) is 33.0 Å². The molecule has 2 aliphatic heterocycles. The monoisotopic (exact) mass is 386 g/mol. The molecule has 2 amide bonds. The molecule has 1 aromatic carbocycles. The fourth-order valence-corrected chi connectivity index (χ4v) is 3.90. The number of benzene rings is 1. The van der Waals surface area contributed by atoms with Gasteiger partial charge in [-0.25, -0.2) is 5.43 Å². The van der Waals surface area contributed by atoms with Gasteiger partial charge in [-0.15, -0.1) is 0 Å².